The topological polar surface area (TPSA) is 73.8 Å². The molecule has 5 heteroatoms. The summed E-state index contributed by atoms with van der Waals surface area (Å²) in [6.45, 7) is 2.11. The summed E-state index contributed by atoms with van der Waals surface area (Å²) in [4.78, 5) is 11.7. The van der Waals surface area contributed by atoms with Crippen LogP contribution in [0.4, 0.5) is 5.82 Å². The van der Waals surface area contributed by atoms with Crippen LogP contribution in [0.5, 0.6) is 0 Å². The van der Waals surface area contributed by atoms with Gasteiger partial charge >= 0.3 is 0 Å². The zero-order chi connectivity index (χ0) is 12.5. The van der Waals surface area contributed by atoms with Gasteiger partial charge in [-0.25, -0.2) is 9.97 Å². The molecular formula is C13H18N4O. The van der Waals surface area contributed by atoms with Gasteiger partial charge in [-0.1, -0.05) is 6.92 Å². The molecule has 1 saturated carbocycles. The third-order valence-corrected chi connectivity index (χ3v) is 3.73. The first-order chi connectivity index (χ1) is 8.79. The second-order valence-electron chi connectivity index (χ2n) is 4.86. The van der Waals surface area contributed by atoms with Crippen molar-refractivity contribution in [3.05, 3.63) is 18.1 Å². The minimum atomic E-state index is -0.265. The van der Waals surface area contributed by atoms with Crippen LogP contribution in [0.1, 0.15) is 31.7 Å². The van der Waals surface area contributed by atoms with E-state index in [1.54, 1.807) is 6.33 Å². The molecule has 3 N–H and O–H groups in total. The van der Waals surface area contributed by atoms with Gasteiger partial charge in [-0.15, -0.1) is 0 Å². The van der Waals surface area contributed by atoms with Crippen LogP contribution in [0.25, 0.3) is 11.0 Å². The van der Waals surface area contributed by atoms with E-state index in [0.717, 1.165) is 42.5 Å². The van der Waals surface area contributed by atoms with Crippen molar-refractivity contribution in [2.24, 2.45) is 0 Å². The summed E-state index contributed by atoms with van der Waals surface area (Å²) >= 11 is 0. The average Bonchev–Trinajstić information content (AvgIpc) is 2.97. The van der Waals surface area contributed by atoms with E-state index in [4.69, 9.17) is 0 Å². The van der Waals surface area contributed by atoms with E-state index in [9.17, 15) is 5.11 Å². The predicted octanol–water partition coefficient (Wildman–Crippen LogP) is 1.85. The SMILES string of the molecule is CCc1c[nH]c2ncnc(N[C@H]3CCC[C@H]3O)c12. The third-order valence-electron chi connectivity index (χ3n) is 3.73. The number of nitrogens with one attached hydrogen (secondary N) is 2. The molecule has 0 amide bonds. The van der Waals surface area contributed by atoms with Crippen molar-refractivity contribution in [1.29, 1.82) is 0 Å². The highest BCUT2D eigenvalue weighted by Crippen LogP contribution is 2.27. The van der Waals surface area contributed by atoms with Crippen molar-refractivity contribution < 1.29 is 5.11 Å². The highest BCUT2D eigenvalue weighted by atomic mass is 16.3. The fourth-order valence-corrected chi connectivity index (χ4v) is 2.70. The van der Waals surface area contributed by atoms with Gasteiger partial charge in [0.2, 0.25) is 0 Å². The van der Waals surface area contributed by atoms with Crippen molar-refractivity contribution in [3.8, 4) is 0 Å². The number of aromatic nitrogens is 3. The Morgan fingerprint density at radius 1 is 1.44 bits per heavy atom. The highest BCUT2D eigenvalue weighted by molar-refractivity contribution is 5.90. The number of anilines is 1. The Labute approximate surface area is 106 Å². The van der Waals surface area contributed by atoms with Gasteiger partial charge in [-0.2, -0.15) is 0 Å². The lowest BCUT2D eigenvalue weighted by molar-refractivity contribution is 0.171. The minimum absolute atomic E-state index is 0.114. The van der Waals surface area contributed by atoms with Crippen LogP contribution in [0.2, 0.25) is 0 Å². The van der Waals surface area contributed by atoms with Crippen LogP contribution >= 0.6 is 0 Å². The first kappa shape index (κ1) is 11.5. The first-order valence-corrected chi connectivity index (χ1v) is 6.55. The number of aliphatic hydroxyl groups excluding tert-OH is 1. The van der Waals surface area contributed by atoms with Crippen LogP contribution < -0.4 is 5.32 Å². The lowest BCUT2D eigenvalue weighted by atomic mass is 10.1. The number of hydrogen-bond donors (Lipinski definition) is 3. The second-order valence-corrected chi connectivity index (χ2v) is 4.86. The van der Waals surface area contributed by atoms with Crippen molar-refractivity contribution in [2.45, 2.75) is 44.8 Å². The monoisotopic (exact) mass is 246 g/mol. The van der Waals surface area contributed by atoms with E-state index in [2.05, 4.69) is 27.2 Å². The largest absolute Gasteiger partial charge is 0.391 e. The van der Waals surface area contributed by atoms with Gasteiger partial charge in [0.1, 0.15) is 17.8 Å². The molecule has 0 saturated heterocycles. The van der Waals surface area contributed by atoms with Gasteiger partial charge in [0.15, 0.2) is 0 Å². The molecule has 2 heterocycles. The Morgan fingerprint density at radius 2 is 2.33 bits per heavy atom. The molecule has 2 aromatic heterocycles. The van der Waals surface area contributed by atoms with Crippen molar-refractivity contribution in [1.82, 2.24) is 15.0 Å². The van der Waals surface area contributed by atoms with E-state index < -0.39 is 0 Å². The number of aryl methyl sites for hydroxylation is 1. The number of rotatable bonds is 3. The van der Waals surface area contributed by atoms with Crippen molar-refractivity contribution in [2.75, 3.05) is 5.32 Å². The third kappa shape index (κ3) is 1.84. The van der Waals surface area contributed by atoms with Crippen LogP contribution in [0, 0.1) is 0 Å². The van der Waals surface area contributed by atoms with E-state index in [0.29, 0.717) is 0 Å². The molecule has 2 atom stereocenters. The summed E-state index contributed by atoms with van der Waals surface area (Å²) in [6, 6.07) is 0.114. The summed E-state index contributed by atoms with van der Waals surface area (Å²) < 4.78 is 0. The Bertz CT molecular complexity index is 551. The summed E-state index contributed by atoms with van der Waals surface area (Å²) in [5.74, 6) is 0.837. The summed E-state index contributed by atoms with van der Waals surface area (Å²) in [6.07, 6.45) is 7.16. The quantitative estimate of drug-likeness (QED) is 0.772. The number of nitrogens with zero attached hydrogens (tertiary/aromatic N) is 2. The molecule has 3 rings (SSSR count). The highest BCUT2D eigenvalue weighted by Gasteiger charge is 2.26. The Hall–Kier alpha value is -1.62. The zero-order valence-electron chi connectivity index (χ0n) is 10.5. The molecule has 1 aliphatic carbocycles. The number of hydrogen-bond acceptors (Lipinski definition) is 4. The van der Waals surface area contributed by atoms with Crippen molar-refractivity contribution in [3.63, 3.8) is 0 Å². The van der Waals surface area contributed by atoms with E-state index >= 15 is 0 Å². The molecule has 18 heavy (non-hydrogen) atoms. The predicted molar refractivity (Wildman–Crippen MR) is 70.5 cm³/mol. The lowest BCUT2D eigenvalue weighted by Crippen LogP contribution is -2.28. The van der Waals surface area contributed by atoms with Gasteiger partial charge in [-0.05, 0) is 31.2 Å². The van der Waals surface area contributed by atoms with Crippen LogP contribution in [0.3, 0.4) is 0 Å². The molecule has 0 bridgehead atoms. The van der Waals surface area contributed by atoms with Gasteiger partial charge in [0.05, 0.1) is 17.5 Å². The number of aliphatic hydroxyl groups is 1. The van der Waals surface area contributed by atoms with E-state index in [1.807, 2.05) is 6.20 Å². The van der Waals surface area contributed by atoms with Gasteiger partial charge in [0.25, 0.3) is 0 Å². The number of fused-ring (bicyclic) bond motifs is 1. The molecule has 96 valence electrons. The number of H-pyrrole nitrogens is 1. The smallest absolute Gasteiger partial charge is 0.143 e. The molecular weight excluding hydrogens is 228 g/mol. The normalized spacial score (nSPS) is 23.7. The summed E-state index contributed by atoms with van der Waals surface area (Å²) in [7, 11) is 0. The van der Waals surface area contributed by atoms with Gasteiger partial charge in [0, 0.05) is 6.20 Å². The molecule has 5 nitrogen and oxygen atoms in total. The lowest BCUT2D eigenvalue weighted by Gasteiger charge is -2.17. The van der Waals surface area contributed by atoms with Crippen LogP contribution in [-0.2, 0) is 6.42 Å². The standard InChI is InChI=1S/C13H18N4O/c1-2-8-6-14-12-11(8)13(16-7-15-12)17-9-4-3-5-10(9)18/h6-7,9-10,18H,2-5H2,1H3,(H2,14,15,16,17)/t9-,10+/m0/s1. The Balaban J connectivity index is 1.97. The maximum atomic E-state index is 9.89. The van der Waals surface area contributed by atoms with E-state index in [-0.39, 0.29) is 12.1 Å². The molecule has 1 aliphatic rings. The second kappa shape index (κ2) is 4.57. The van der Waals surface area contributed by atoms with Gasteiger partial charge < -0.3 is 15.4 Å². The Kier molecular flexibility index (Phi) is 2.91. The fourth-order valence-electron chi connectivity index (χ4n) is 2.70. The average molecular weight is 246 g/mol. The molecule has 0 radical (unpaired) electrons. The molecule has 0 unspecified atom stereocenters. The van der Waals surface area contributed by atoms with Crippen LogP contribution in [-0.4, -0.2) is 32.2 Å². The molecule has 1 fully saturated rings. The summed E-state index contributed by atoms with van der Waals surface area (Å²) in [5, 5.41) is 14.3. The molecule has 2 aromatic rings. The first-order valence-electron chi connectivity index (χ1n) is 6.55. The van der Waals surface area contributed by atoms with E-state index in [1.165, 1.54) is 5.56 Å². The fraction of sp³-hybridized carbons (Fsp3) is 0.538. The molecule has 0 aliphatic heterocycles. The van der Waals surface area contributed by atoms with Gasteiger partial charge in [-0.3, -0.25) is 0 Å². The zero-order valence-corrected chi connectivity index (χ0v) is 10.5. The van der Waals surface area contributed by atoms with Crippen LogP contribution in [0.15, 0.2) is 12.5 Å². The molecule has 0 spiro atoms. The maximum Gasteiger partial charge on any atom is 0.143 e. The minimum Gasteiger partial charge on any atom is -0.391 e. The summed E-state index contributed by atoms with van der Waals surface area (Å²) in [5.41, 5.74) is 2.07. The maximum absolute atomic E-state index is 9.89. The molecule has 0 aromatic carbocycles. The Morgan fingerprint density at radius 3 is 3.06 bits per heavy atom. The van der Waals surface area contributed by atoms with Crippen molar-refractivity contribution >= 4 is 16.9 Å². The number of aromatic amines is 1.